The Morgan fingerprint density at radius 1 is 0.967 bits per heavy atom. The summed E-state index contributed by atoms with van der Waals surface area (Å²) in [7, 11) is 0. The molecule has 1 amide bonds. The SMILES string of the molecule is O=C(O)CC1CCCN(c2ccc(C(=O)NC3CCCCC3)c(N3CCCC3)n2)C1. The highest BCUT2D eigenvalue weighted by atomic mass is 16.4. The normalized spacial score (nSPS) is 22.9. The number of nitrogens with zero attached hydrogens (tertiary/aromatic N) is 3. The van der Waals surface area contributed by atoms with Gasteiger partial charge < -0.3 is 20.2 Å². The molecule has 30 heavy (non-hydrogen) atoms. The number of amides is 1. The molecule has 2 saturated heterocycles. The zero-order valence-corrected chi connectivity index (χ0v) is 17.8. The van der Waals surface area contributed by atoms with Gasteiger partial charge in [0.05, 0.1) is 5.56 Å². The lowest BCUT2D eigenvalue weighted by Gasteiger charge is -2.34. The lowest BCUT2D eigenvalue weighted by molar-refractivity contribution is -0.138. The number of carboxylic acids is 1. The van der Waals surface area contributed by atoms with Crippen molar-refractivity contribution in [1.82, 2.24) is 10.3 Å². The standard InChI is InChI=1S/C23H34N4O3/c28-21(29)15-17-7-6-14-27(16-17)20-11-10-19(22(25-20)26-12-4-5-13-26)23(30)24-18-8-2-1-3-9-18/h10-11,17-18H,1-9,12-16H2,(H,24,30)(H,28,29). The van der Waals surface area contributed by atoms with Crippen LogP contribution >= 0.6 is 0 Å². The molecule has 1 aromatic rings. The first-order chi connectivity index (χ1) is 14.6. The number of nitrogens with one attached hydrogen (secondary N) is 1. The summed E-state index contributed by atoms with van der Waals surface area (Å²) < 4.78 is 0. The minimum absolute atomic E-state index is 0.00903. The first kappa shape index (κ1) is 20.9. The Bertz CT molecular complexity index is 757. The fourth-order valence-corrected chi connectivity index (χ4v) is 5.16. The highest BCUT2D eigenvalue weighted by molar-refractivity contribution is 5.99. The van der Waals surface area contributed by atoms with Crippen molar-refractivity contribution in [1.29, 1.82) is 0 Å². The van der Waals surface area contributed by atoms with Crippen molar-refractivity contribution in [2.24, 2.45) is 5.92 Å². The highest BCUT2D eigenvalue weighted by Gasteiger charge is 2.27. The van der Waals surface area contributed by atoms with Crippen LogP contribution in [0.15, 0.2) is 12.1 Å². The van der Waals surface area contributed by atoms with Gasteiger partial charge in [-0.2, -0.15) is 0 Å². The molecule has 0 spiro atoms. The van der Waals surface area contributed by atoms with Crippen LogP contribution in [-0.2, 0) is 4.79 Å². The van der Waals surface area contributed by atoms with Crippen molar-refractivity contribution in [3.05, 3.63) is 17.7 Å². The van der Waals surface area contributed by atoms with E-state index in [1.54, 1.807) is 0 Å². The molecule has 0 radical (unpaired) electrons. The summed E-state index contributed by atoms with van der Waals surface area (Å²) >= 11 is 0. The lowest BCUT2D eigenvalue weighted by atomic mass is 9.95. The summed E-state index contributed by atoms with van der Waals surface area (Å²) in [4.78, 5) is 33.6. The second-order valence-electron chi connectivity index (χ2n) is 9.10. The van der Waals surface area contributed by atoms with Crippen molar-refractivity contribution in [3.8, 4) is 0 Å². The third-order valence-electron chi connectivity index (χ3n) is 6.76. The van der Waals surface area contributed by atoms with E-state index in [2.05, 4.69) is 15.1 Å². The van der Waals surface area contributed by atoms with E-state index >= 15 is 0 Å². The number of piperidine rings is 1. The molecule has 2 N–H and O–H groups in total. The molecule has 0 aromatic carbocycles. The number of rotatable bonds is 6. The van der Waals surface area contributed by atoms with Gasteiger partial charge in [0.2, 0.25) is 0 Å². The van der Waals surface area contributed by atoms with Gasteiger partial charge in [-0.05, 0) is 56.6 Å². The summed E-state index contributed by atoms with van der Waals surface area (Å²) in [5, 5.41) is 12.4. The van der Waals surface area contributed by atoms with Crippen LogP contribution in [0, 0.1) is 5.92 Å². The molecule has 1 aromatic heterocycles. The van der Waals surface area contributed by atoms with Gasteiger partial charge in [-0.15, -0.1) is 0 Å². The highest BCUT2D eigenvalue weighted by Crippen LogP contribution is 2.29. The minimum Gasteiger partial charge on any atom is -0.481 e. The maximum atomic E-state index is 13.1. The molecule has 2 aliphatic heterocycles. The van der Waals surface area contributed by atoms with Crippen molar-refractivity contribution < 1.29 is 14.7 Å². The molecule has 3 heterocycles. The molecule has 7 heteroatoms. The molecular weight excluding hydrogens is 380 g/mol. The first-order valence-corrected chi connectivity index (χ1v) is 11.6. The monoisotopic (exact) mass is 414 g/mol. The summed E-state index contributed by atoms with van der Waals surface area (Å²) in [6.45, 7) is 3.46. The van der Waals surface area contributed by atoms with E-state index in [4.69, 9.17) is 10.1 Å². The molecule has 7 nitrogen and oxygen atoms in total. The van der Waals surface area contributed by atoms with Crippen LogP contribution in [0.1, 0.15) is 74.6 Å². The summed E-state index contributed by atoms with van der Waals surface area (Å²) in [5.41, 5.74) is 0.672. The van der Waals surface area contributed by atoms with Gasteiger partial charge in [0, 0.05) is 38.6 Å². The Kier molecular flexibility index (Phi) is 6.75. The van der Waals surface area contributed by atoms with Gasteiger partial charge in [0.1, 0.15) is 11.6 Å². The van der Waals surface area contributed by atoms with Crippen LogP contribution in [-0.4, -0.2) is 54.2 Å². The average Bonchev–Trinajstić information content (AvgIpc) is 3.28. The van der Waals surface area contributed by atoms with Crippen molar-refractivity contribution in [2.75, 3.05) is 36.0 Å². The number of aromatic nitrogens is 1. The average molecular weight is 415 g/mol. The molecule has 1 saturated carbocycles. The van der Waals surface area contributed by atoms with Crippen LogP contribution in [0.3, 0.4) is 0 Å². The van der Waals surface area contributed by atoms with E-state index < -0.39 is 5.97 Å². The maximum Gasteiger partial charge on any atom is 0.303 e. The molecule has 1 unspecified atom stereocenters. The Hall–Kier alpha value is -2.31. The number of carboxylic acid groups (broad SMARTS) is 1. The van der Waals surface area contributed by atoms with E-state index in [0.717, 1.165) is 69.8 Å². The predicted octanol–water partition coefficient (Wildman–Crippen LogP) is 3.44. The topological polar surface area (TPSA) is 85.8 Å². The van der Waals surface area contributed by atoms with Gasteiger partial charge in [0.15, 0.2) is 0 Å². The zero-order valence-electron chi connectivity index (χ0n) is 17.8. The predicted molar refractivity (Wildman–Crippen MR) is 117 cm³/mol. The number of anilines is 2. The maximum absolute atomic E-state index is 13.1. The Morgan fingerprint density at radius 3 is 2.43 bits per heavy atom. The van der Waals surface area contributed by atoms with Gasteiger partial charge in [-0.25, -0.2) is 4.98 Å². The lowest BCUT2D eigenvalue weighted by Crippen LogP contribution is -2.38. The molecule has 3 fully saturated rings. The number of carbonyl (C=O) groups is 2. The largest absolute Gasteiger partial charge is 0.481 e. The number of aliphatic carboxylic acids is 1. The number of carbonyl (C=O) groups excluding carboxylic acids is 1. The molecule has 1 aliphatic carbocycles. The number of hydrogen-bond acceptors (Lipinski definition) is 5. The van der Waals surface area contributed by atoms with E-state index in [0.29, 0.717) is 12.1 Å². The Morgan fingerprint density at radius 2 is 1.70 bits per heavy atom. The Balaban J connectivity index is 1.54. The second-order valence-corrected chi connectivity index (χ2v) is 9.10. The van der Waals surface area contributed by atoms with Crippen LogP contribution in [0.25, 0.3) is 0 Å². The van der Waals surface area contributed by atoms with Crippen LogP contribution in [0.5, 0.6) is 0 Å². The molecular formula is C23H34N4O3. The van der Waals surface area contributed by atoms with E-state index in [1.807, 2.05) is 12.1 Å². The minimum atomic E-state index is -0.734. The third-order valence-corrected chi connectivity index (χ3v) is 6.76. The summed E-state index contributed by atoms with van der Waals surface area (Å²) in [6, 6.07) is 4.14. The summed E-state index contributed by atoms with van der Waals surface area (Å²) in [5.74, 6) is 1.06. The van der Waals surface area contributed by atoms with Crippen molar-refractivity contribution >= 4 is 23.5 Å². The van der Waals surface area contributed by atoms with E-state index in [9.17, 15) is 9.59 Å². The van der Waals surface area contributed by atoms with E-state index in [1.165, 1.54) is 19.3 Å². The van der Waals surface area contributed by atoms with Crippen LogP contribution < -0.4 is 15.1 Å². The molecule has 164 valence electrons. The van der Waals surface area contributed by atoms with Gasteiger partial charge in [-0.3, -0.25) is 9.59 Å². The summed E-state index contributed by atoms with van der Waals surface area (Å²) in [6.07, 6.45) is 10.1. The second kappa shape index (κ2) is 9.67. The zero-order chi connectivity index (χ0) is 20.9. The fraction of sp³-hybridized carbons (Fsp3) is 0.696. The number of hydrogen-bond donors (Lipinski definition) is 2. The molecule has 0 bridgehead atoms. The molecule has 3 aliphatic rings. The third kappa shape index (κ3) is 5.05. The van der Waals surface area contributed by atoms with Crippen LogP contribution in [0.2, 0.25) is 0 Å². The molecule has 4 rings (SSSR count). The van der Waals surface area contributed by atoms with Crippen LogP contribution in [0.4, 0.5) is 11.6 Å². The smallest absolute Gasteiger partial charge is 0.303 e. The van der Waals surface area contributed by atoms with Crippen molar-refractivity contribution in [3.63, 3.8) is 0 Å². The first-order valence-electron chi connectivity index (χ1n) is 11.6. The van der Waals surface area contributed by atoms with Crippen molar-refractivity contribution in [2.45, 2.75) is 70.3 Å². The Labute approximate surface area is 178 Å². The fourth-order valence-electron chi connectivity index (χ4n) is 5.16. The quantitative estimate of drug-likeness (QED) is 0.742. The van der Waals surface area contributed by atoms with Gasteiger partial charge >= 0.3 is 5.97 Å². The number of pyridine rings is 1. The van der Waals surface area contributed by atoms with Gasteiger partial charge in [-0.1, -0.05) is 19.3 Å². The van der Waals surface area contributed by atoms with E-state index in [-0.39, 0.29) is 24.3 Å². The molecule has 1 atom stereocenters. The van der Waals surface area contributed by atoms with Gasteiger partial charge in [0.25, 0.3) is 5.91 Å².